The fraction of sp³-hybridized carbons (Fsp3) is 0.688. The molecule has 1 atom stereocenters. The first-order valence-electron chi connectivity index (χ1n) is 15.4. The van der Waals surface area contributed by atoms with Crippen LogP contribution in [0.25, 0.3) is 22.3 Å². The topological polar surface area (TPSA) is 90.8 Å². The highest BCUT2D eigenvalue weighted by molar-refractivity contribution is 5.90. The Balaban J connectivity index is 1.18. The summed E-state index contributed by atoms with van der Waals surface area (Å²) < 4.78 is 9.47. The highest BCUT2D eigenvalue weighted by atomic mass is 16.7. The number of hydrogen-bond acceptors (Lipinski definition) is 6. The third-order valence-corrected chi connectivity index (χ3v) is 8.08. The third kappa shape index (κ3) is 8.79. The molecule has 0 aromatic carbocycles. The first-order chi connectivity index (χ1) is 19.5. The fourth-order valence-electron chi connectivity index (χ4n) is 5.86. The average Bonchev–Trinajstić information content (AvgIpc) is 3.71. The van der Waals surface area contributed by atoms with Gasteiger partial charge in [-0.05, 0) is 43.1 Å². The number of aromatic nitrogens is 5. The number of unbranched alkanes of at least 4 members (excludes halogenated alkanes) is 6. The highest BCUT2D eigenvalue weighted by Gasteiger charge is 2.27. The van der Waals surface area contributed by atoms with Crippen molar-refractivity contribution in [1.82, 2.24) is 24.5 Å². The van der Waals surface area contributed by atoms with Crippen LogP contribution in [0.1, 0.15) is 110 Å². The smallest absolute Gasteiger partial charge is 0.179 e. The monoisotopic (exact) mass is 548 g/mol. The van der Waals surface area contributed by atoms with E-state index >= 15 is 0 Å². The summed E-state index contributed by atoms with van der Waals surface area (Å²) in [5.74, 6) is 0.517. The van der Waals surface area contributed by atoms with Crippen LogP contribution in [0.5, 0.6) is 0 Å². The molecule has 4 rings (SSSR count). The molecule has 1 unspecified atom stereocenters. The first-order valence-corrected chi connectivity index (χ1v) is 15.4. The summed E-state index contributed by atoms with van der Waals surface area (Å²) in [5, 5.41) is 15.0. The van der Waals surface area contributed by atoms with Gasteiger partial charge in [0.1, 0.15) is 12.9 Å². The lowest BCUT2D eigenvalue weighted by molar-refractivity contribution is 0.0412. The van der Waals surface area contributed by atoms with Crippen molar-refractivity contribution < 1.29 is 9.57 Å². The summed E-state index contributed by atoms with van der Waals surface area (Å²) >= 11 is 0. The molecule has 0 spiro atoms. The van der Waals surface area contributed by atoms with Gasteiger partial charge in [-0.3, -0.25) is 4.68 Å². The van der Waals surface area contributed by atoms with E-state index < -0.39 is 0 Å². The molecule has 1 saturated carbocycles. The maximum Gasteiger partial charge on any atom is 0.179 e. The zero-order chi connectivity index (χ0) is 28.2. The molecule has 0 radical (unpaired) electrons. The molecule has 0 N–H and O–H groups in total. The summed E-state index contributed by atoms with van der Waals surface area (Å²) in [6.07, 6.45) is 23.0. The van der Waals surface area contributed by atoms with Crippen molar-refractivity contribution in [2.45, 2.75) is 110 Å². The number of nitriles is 1. The Morgan fingerprint density at radius 3 is 2.50 bits per heavy atom. The number of fused-ring (bicyclic) bond motifs is 1. The molecule has 3 aromatic heterocycles. The van der Waals surface area contributed by atoms with Crippen LogP contribution in [0.3, 0.4) is 0 Å². The van der Waals surface area contributed by atoms with Crippen LogP contribution in [0.4, 0.5) is 0 Å². The Bertz CT molecular complexity index is 1200. The summed E-state index contributed by atoms with van der Waals surface area (Å²) in [4.78, 5) is 15.0. The van der Waals surface area contributed by atoms with Gasteiger partial charge >= 0.3 is 0 Å². The fourth-order valence-corrected chi connectivity index (χ4v) is 5.86. The SMILES string of the molecule is CC(C)(C)CCCCCCCCCOCCOn1ccc2c(-c3cnn(C(CC#N)C4CCCC4)c3)ncnc21. The largest absolute Gasteiger partial charge is 0.410 e. The van der Waals surface area contributed by atoms with Crippen molar-refractivity contribution in [2.24, 2.45) is 11.3 Å². The van der Waals surface area contributed by atoms with Crippen molar-refractivity contribution in [3.05, 3.63) is 31.0 Å². The van der Waals surface area contributed by atoms with E-state index in [0.717, 1.165) is 35.3 Å². The van der Waals surface area contributed by atoms with E-state index in [-0.39, 0.29) is 6.04 Å². The molecule has 3 aromatic rings. The number of nitrogens with zero attached hydrogens (tertiary/aromatic N) is 6. The van der Waals surface area contributed by atoms with Gasteiger partial charge < -0.3 is 9.57 Å². The number of ether oxygens (including phenoxy) is 1. The lowest BCUT2D eigenvalue weighted by atomic mass is 9.89. The van der Waals surface area contributed by atoms with Gasteiger partial charge in [0.2, 0.25) is 0 Å². The van der Waals surface area contributed by atoms with Crippen LogP contribution in [0.15, 0.2) is 31.0 Å². The third-order valence-electron chi connectivity index (χ3n) is 8.08. The van der Waals surface area contributed by atoms with E-state index in [0.29, 0.717) is 31.0 Å². The molecular formula is C32H48N6O2. The van der Waals surface area contributed by atoms with Crippen molar-refractivity contribution in [3.63, 3.8) is 0 Å². The Hall–Kier alpha value is -2.92. The van der Waals surface area contributed by atoms with Gasteiger partial charge in [0, 0.05) is 30.0 Å². The lowest BCUT2D eigenvalue weighted by Gasteiger charge is -2.21. The highest BCUT2D eigenvalue weighted by Crippen LogP contribution is 2.36. The number of rotatable bonds is 17. The van der Waals surface area contributed by atoms with Crippen LogP contribution < -0.4 is 4.84 Å². The molecular weight excluding hydrogens is 500 g/mol. The molecule has 3 heterocycles. The predicted molar refractivity (Wildman–Crippen MR) is 159 cm³/mol. The first kappa shape index (κ1) is 30.0. The Kier molecular flexibility index (Phi) is 11.4. The predicted octanol–water partition coefficient (Wildman–Crippen LogP) is 7.55. The maximum absolute atomic E-state index is 9.39. The summed E-state index contributed by atoms with van der Waals surface area (Å²) in [7, 11) is 0. The molecule has 40 heavy (non-hydrogen) atoms. The zero-order valence-corrected chi connectivity index (χ0v) is 24.9. The van der Waals surface area contributed by atoms with Crippen molar-refractivity contribution in [1.29, 1.82) is 5.26 Å². The van der Waals surface area contributed by atoms with E-state index in [9.17, 15) is 5.26 Å². The van der Waals surface area contributed by atoms with Gasteiger partial charge in [0.25, 0.3) is 0 Å². The maximum atomic E-state index is 9.39. The standard InChI is InChI=1S/C32H48N6O2/c1-32(2,3)17-11-7-5-4-6-8-12-20-39-21-22-40-38-19-16-28-30(34-25-35-31(28)38)27-23-36-37(24-27)29(15-18-33)26-13-9-10-14-26/h16,19,23-26,29H,4-15,17,20-22H2,1-3H3. The second-order valence-electron chi connectivity index (χ2n) is 12.5. The minimum Gasteiger partial charge on any atom is -0.410 e. The van der Waals surface area contributed by atoms with Crippen LogP contribution in [-0.2, 0) is 4.74 Å². The summed E-state index contributed by atoms with van der Waals surface area (Å²) in [5.41, 5.74) is 2.95. The quantitative estimate of drug-likeness (QED) is 0.162. The molecule has 0 aliphatic heterocycles. The molecule has 218 valence electrons. The second-order valence-corrected chi connectivity index (χ2v) is 12.5. The van der Waals surface area contributed by atoms with Gasteiger partial charge in [-0.1, -0.05) is 72.1 Å². The van der Waals surface area contributed by atoms with Crippen molar-refractivity contribution in [3.8, 4) is 17.3 Å². The molecule has 8 nitrogen and oxygen atoms in total. The summed E-state index contributed by atoms with van der Waals surface area (Å²) in [6.45, 7) is 8.78. The van der Waals surface area contributed by atoms with E-state index in [1.165, 1.54) is 70.6 Å². The van der Waals surface area contributed by atoms with Crippen LogP contribution in [0.2, 0.25) is 0 Å². The normalized spacial score (nSPS) is 15.1. The molecule has 0 bridgehead atoms. The average molecular weight is 549 g/mol. The van der Waals surface area contributed by atoms with Crippen LogP contribution in [-0.4, -0.2) is 44.3 Å². The Labute approximate surface area is 240 Å². The lowest BCUT2D eigenvalue weighted by Crippen LogP contribution is -2.17. The second kappa shape index (κ2) is 15.2. The van der Waals surface area contributed by atoms with Gasteiger partial charge in [-0.25, -0.2) is 9.97 Å². The van der Waals surface area contributed by atoms with E-state index in [1.807, 2.05) is 29.3 Å². The minimum absolute atomic E-state index is 0.120. The zero-order valence-electron chi connectivity index (χ0n) is 24.9. The van der Waals surface area contributed by atoms with E-state index in [2.05, 4.69) is 41.9 Å². The van der Waals surface area contributed by atoms with Gasteiger partial charge in [0.05, 0.1) is 37.0 Å². The molecule has 0 amide bonds. The molecule has 0 saturated heterocycles. The Morgan fingerprint density at radius 2 is 1.75 bits per heavy atom. The molecule has 8 heteroatoms. The van der Waals surface area contributed by atoms with Crippen molar-refractivity contribution >= 4 is 11.0 Å². The van der Waals surface area contributed by atoms with E-state index in [4.69, 9.17) is 9.57 Å². The van der Waals surface area contributed by atoms with Gasteiger partial charge in [0.15, 0.2) is 5.65 Å². The van der Waals surface area contributed by atoms with Crippen LogP contribution in [0, 0.1) is 22.7 Å². The van der Waals surface area contributed by atoms with E-state index in [1.54, 1.807) is 11.1 Å². The molecule has 1 fully saturated rings. The van der Waals surface area contributed by atoms with Crippen LogP contribution >= 0.6 is 0 Å². The number of hydrogen-bond donors (Lipinski definition) is 0. The minimum atomic E-state index is 0.120. The molecule has 1 aliphatic carbocycles. The van der Waals surface area contributed by atoms with Gasteiger partial charge in [-0.15, -0.1) is 0 Å². The molecule has 1 aliphatic rings. The van der Waals surface area contributed by atoms with Gasteiger partial charge in [-0.2, -0.15) is 15.1 Å². The Morgan fingerprint density at radius 1 is 1.00 bits per heavy atom. The summed E-state index contributed by atoms with van der Waals surface area (Å²) in [6, 6.07) is 4.46. The van der Waals surface area contributed by atoms with Crippen molar-refractivity contribution in [2.75, 3.05) is 19.8 Å².